The number of benzene rings is 3. The molecule has 2 aromatic heterocycles. The molecule has 41 heavy (non-hydrogen) atoms. The van der Waals surface area contributed by atoms with Gasteiger partial charge in [-0.1, -0.05) is 59.8 Å². The van der Waals surface area contributed by atoms with Crippen molar-refractivity contribution in [3.05, 3.63) is 94.4 Å². The number of methoxy groups -OCH3 is 2. The summed E-state index contributed by atoms with van der Waals surface area (Å²) in [6.07, 6.45) is 0. The fourth-order valence-corrected chi connectivity index (χ4v) is 5.20. The Morgan fingerprint density at radius 1 is 0.951 bits per heavy atom. The average molecular weight is 571 g/mol. The SMILES string of the molecule is COc1ccc(OC)c(-n2c(SCC(=O)Nc3c(C)n(C)n(-c4ccccc4)c3=O)nnc2-c2ccc(C)cc2)c1. The zero-order valence-corrected chi connectivity index (χ0v) is 24.2. The van der Waals surface area contributed by atoms with Gasteiger partial charge >= 0.3 is 0 Å². The molecule has 2 heterocycles. The van der Waals surface area contributed by atoms with Crippen molar-refractivity contribution in [3.63, 3.8) is 0 Å². The van der Waals surface area contributed by atoms with Crippen molar-refractivity contribution in [2.75, 3.05) is 25.3 Å². The molecule has 11 heteroatoms. The summed E-state index contributed by atoms with van der Waals surface area (Å²) < 4.78 is 16.2. The first-order valence-corrected chi connectivity index (χ1v) is 13.8. The number of nitrogens with one attached hydrogen (secondary N) is 1. The second-order valence-electron chi connectivity index (χ2n) is 9.32. The average Bonchev–Trinajstić information content (AvgIpc) is 3.50. The third kappa shape index (κ3) is 5.48. The Morgan fingerprint density at radius 3 is 2.37 bits per heavy atom. The van der Waals surface area contributed by atoms with Gasteiger partial charge in [-0.15, -0.1) is 10.2 Å². The Labute approximate surface area is 241 Å². The second-order valence-corrected chi connectivity index (χ2v) is 10.3. The molecule has 5 aromatic rings. The molecule has 0 saturated carbocycles. The first-order valence-electron chi connectivity index (χ1n) is 12.8. The van der Waals surface area contributed by atoms with Gasteiger partial charge in [0, 0.05) is 18.7 Å². The lowest BCUT2D eigenvalue weighted by Crippen LogP contribution is -2.23. The molecule has 0 aliphatic rings. The van der Waals surface area contributed by atoms with Gasteiger partial charge in [0.15, 0.2) is 11.0 Å². The van der Waals surface area contributed by atoms with E-state index in [1.165, 1.54) is 16.4 Å². The third-order valence-corrected chi connectivity index (χ3v) is 7.65. The first kappa shape index (κ1) is 27.8. The standard InChI is InChI=1S/C30H30N6O4S/c1-19-11-13-21(14-12-19)28-32-33-30(35(28)24-17-23(39-4)15-16-25(24)40-5)41-18-26(37)31-27-20(2)34(3)36(29(27)38)22-9-7-6-8-10-22/h6-17H,18H2,1-5H3,(H,31,37). The van der Waals surface area contributed by atoms with E-state index in [1.807, 2.05) is 84.3 Å². The molecular formula is C30H30N6O4S. The van der Waals surface area contributed by atoms with Gasteiger partial charge < -0.3 is 14.8 Å². The van der Waals surface area contributed by atoms with Crippen LogP contribution in [0, 0.1) is 13.8 Å². The van der Waals surface area contributed by atoms with Crippen molar-refractivity contribution in [2.45, 2.75) is 19.0 Å². The molecule has 0 spiro atoms. The minimum atomic E-state index is -0.343. The zero-order valence-electron chi connectivity index (χ0n) is 23.4. The van der Waals surface area contributed by atoms with E-state index >= 15 is 0 Å². The number of aromatic nitrogens is 5. The van der Waals surface area contributed by atoms with Crippen LogP contribution in [0.3, 0.4) is 0 Å². The van der Waals surface area contributed by atoms with Gasteiger partial charge in [-0.05, 0) is 38.1 Å². The number of anilines is 1. The molecule has 0 bridgehead atoms. The smallest absolute Gasteiger partial charge is 0.295 e. The Hall–Kier alpha value is -4.77. The van der Waals surface area contributed by atoms with Crippen LogP contribution in [0.15, 0.2) is 82.7 Å². The highest BCUT2D eigenvalue weighted by Crippen LogP contribution is 2.35. The van der Waals surface area contributed by atoms with Crippen molar-refractivity contribution in [3.8, 4) is 34.3 Å². The summed E-state index contributed by atoms with van der Waals surface area (Å²) in [5, 5.41) is 12.2. The third-order valence-electron chi connectivity index (χ3n) is 6.72. The number of nitrogens with zero attached hydrogens (tertiary/aromatic N) is 5. The maximum atomic E-state index is 13.2. The number of para-hydroxylation sites is 1. The number of amides is 1. The van der Waals surface area contributed by atoms with E-state index in [2.05, 4.69) is 15.5 Å². The molecule has 0 atom stereocenters. The van der Waals surface area contributed by atoms with Gasteiger partial charge in [0.1, 0.15) is 17.2 Å². The largest absolute Gasteiger partial charge is 0.497 e. The Kier molecular flexibility index (Phi) is 7.97. The van der Waals surface area contributed by atoms with E-state index in [0.717, 1.165) is 11.1 Å². The summed E-state index contributed by atoms with van der Waals surface area (Å²) in [5.74, 6) is 1.46. The molecule has 10 nitrogen and oxygen atoms in total. The van der Waals surface area contributed by atoms with Crippen LogP contribution in [-0.2, 0) is 11.8 Å². The first-order chi connectivity index (χ1) is 19.8. The quantitative estimate of drug-likeness (QED) is 0.254. The molecule has 0 aliphatic carbocycles. The monoisotopic (exact) mass is 570 g/mol. The van der Waals surface area contributed by atoms with Gasteiger partial charge in [0.2, 0.25) is 5.91 Å². The summed E-state index contributed by atoms with van der Waals surface area (Å²) in [4.78, 5) is 26.4. The van der Waals surface area contributed by atoms with Crippen LogP contribution in [0.1, 0.15) is 11.3 Å². The van der Waals surface area contributed by atoms with Crippen molar-refractivity contribution >= 4 is 23.4 Å². The lowest BCUT2D eigenvalue weighted by molar-refractivity contribution is -0.113. The number of carbonyl (C=O) groups is 1. The van der Waals surface area contributed by atoms with E-state index < -0.39 is 0 Å². The van der Waals surface area contributed by atoms with Crippen LogP contribution >= 0.6 is 11.8 Å². The van der Waals surface area contributed by atoms with E-state index in [9.17, 15) is 9.59 Å². The molecule has 3 aromatic carbocycles. The Bertz CT molecular complexity index is 1760. The zero-order chi connectivity index (χ0) is 29.1. The fourth-order valence-electron chi connectivity index (χ4n) is 4.46. The van der Waals surface area contributed by atoms with Crippen LogP contribution in [0.2, 0.25) is 0 Å². The number of hydrogen-bond acceptors (Lipinski definition) is 7. The van der Waals surface area contributed by atoms with Gasteiger partial charge in [-0.3, -0.25) is 18.8 Å². The van der Waals surface area contributed by atoms with Crippen molar-refractivity contribution in [1.29, 1.82) is 0 Å². The number of carbonyl (C=O) groups excluding carboxylic acids is 1. The highest BCUT2D eigenvalue weighted by molar-refractivity contribution is 7.99. The molecule has 0 aliphatic heterocycles. The predicted molar refractivity (Wildman–Crippen MR) is 160 cm³/mol. The van der Waals surface area contributed by atoms with Crippen LogP contribution in [-0.4, -0.2) is 50.0 Å². The van der Waals surface area contributed by atoms with E-state index in [-0.39, 0.29) is 22.9 Å². The van der Waals surface area contributed by atoms with Crippen molar-refractivity contribution in [2.24, 2.45) is 7.05 Å². The number of rotatable bonds is 9. The second kappa shape index (κ2) is 11.8. The maximum absolute atomic E-state index is 13.2. The predicted octanol–water partition coefficient (Wildman–Crippen LogP) is 4.79. The number of hydrogen-bond donors (Lipinski definition) is 1. The van der Waals surface area contributed by atoms with Gasteiger partial charge in [0.25, 0.3) is 5.56 Å². The summed E-state index contributed by atoms with van der Waals surface area (Å²) in [6, 6.07) is 22.7. The molecular weight excluding hydrogens is 540 g/mol. The highest BCUT2D eigenvalue weighted by Gasteiger charge is 2.22. The summed E-state index contributed by atoms with van der Waals surface area (Å²) >= 11 is 1.20. The summed E-state index contributed by atoms with van der Waals surface area (Å²) in [5.41, 5.74) is 3.92. The molecule has 0 unspecified atom stereocenters. The molecule has 1 amide bonds. The molecule has 0 radical (unpaired) electrons. The summed E-state index contributed by atoms with van der Waals surface area (Å²) in [6.45, 7) is 3.81. The Morgan fingerprint density at radius 2 is 1.68 bits per heavy atom. The fraction of sp³-hybridized carbons (Fsp3) is 0.200. The molecule has 5 rings (SSSR count). The van der Waals surface area contributed by atoms with Crippen LogP contribution in [0.4, 0.5) is 5.69 Å². The lowest BCUT2D eigenvalue weighted by Gasteiger charge is -2.15. The Balaban J connectivity index is 1.46. The minimum absolute atomic E-state index is 0.00255. The normalized spacial score (nSPS) is 11.0. The lowest BCUT2D eigenvalue weighted by atomic mass is 10.1. The van der Waals surface area contributed by atoms with E-state index in [4.69, 9.17) is 9.47 Å². The van der Waals surface area contributed by atoms with Crippen LogP contribution in [0.25, 0.3) is 22.8 Å². The van der Waals surface area contributed by atoms with E-state index in [1.54, 1.807) is 32.9 Å². The molecule has 210 valence electrons. The molecule has 0 fully saturated rings. The highest BCUT2D eigenvalue weighted by atomic mass is 32.2. The van der Waals surface area contributed by atoms with Gasteiger partial charge in [-0.2, -0.15) is 0 Å². The summed E-state index contributed by atoms with van der Waals surface area (Å²) in [7, 11) is 4.96. The number of ether oxygens (including phenoxy) is 2. The van der Waals surface area contributed by atoms with Crippen molar-refractivity contribution in [1.82, 2.24) is 24.1 Å². The number of thioether (sulfide) groups is 1. The maximum Gasteiger partial charge on any atom is 0.295 e. The van der Waals surface area contributed by atoms with Gasteiger partial charge in [0.05, 0.1) is 37.0 Å². The van der Waals surface area contributed by atoms with Gasteiger partial charge in [-0.25, -0.2) is 4.68 Å². The molecule has 0 saturated heterocycles. The van der Waals surface area contributed by atoms with E-state index in [0.29, 0.717) is 39.5 Å². The van der Waals surface area contributed by atoms with Crippen LogP contribution in [0.5, 0.6) is 11.5 Å². The topological polar surface area (TPSA) is 105 Å². The minimum Gasteiger partial charge on any atom is -0.497 e. The molecule has 1 N–H and O–H groups in total. The number of aryl methyl sites for hydroxylation is 1. The van der Waals surface area contributed by atoms with Crippen molar-refractivity contribution < 1.29 is 14.3 Å². The van der Waals surface area contributed by atoms with Crippen LogP contribution < -0.4 is 20.3 Å².